The molecule has 0 spiro atoms. The van der Waals surface area contributed by atoms with Crippen LogP contribution in [0.3, 0.4) is 0 Å². The first-order chi connectivity index (χ1) is 8.31. The molecule has 1 aromatic rings. The molecule has 3 nitrogen and oxygen atoms in total. The zero-order valence-electron chi connectivity index (χ0n) is 12.4. The Hall–Kier alpha value is -0.550. The Morgan fingerprint density at radius 3 is 1.95 bits per heavy atom. The quantitative estimate of drug-likeness (QED) is 0.785. The molecule has 112 valence electrons. The second kappa shape index (κ2) is 12.5. The van der Waals surface area contributed by atoms with E-state index in [0.29, 0.717) is 0 Å². The molecule has 1 fully saturated rings. The van der Waals surface area contributed by atoms with Crippen LogP contribution in [0, 0.1) is 0 Å². The zero-order chi connectivity index (χ0) is 12.5. The monoisotopic (exact) mass is 287 g/mol. The minimum Gasteiger partial charge on any atom is -0.412 e. The normalized spacial score (nSPS) is 15.5. The first-order valence-electron chi connectivity index (χ1n) is 6.65. The number of hydrogen-bond donors (Lipinski definition) is 0. The van der Waals surface area contributed by atoms with Crippen LogP contribution in [0.2, 0.25) is 0 Å². The summed E-state index contributed by atoms with van der Waals surface area (Å²) in [6, 6.07) is 10.9. The molecule has 19 heavy (non-hydrogen) atoms. The Morgan fingerprint density at radius 2 is 1.53 bits per heavy atom. The highest BCUT2D eigenvalue weighted by Crippen LogP contribution is 2.29. The molecule has 0 saturated carbocycles. The van der Waals surface area contributed by atoms with Crippen LogP contribution in [0.25, 0.3) is 0 Å². The molecule has 4 heteroatoms. The van der Waals surface area contributed by atoms with Crippen molar-refractivity contribution < 1.29 is 11.0 Å². The third-order valence-electron chi connectivity index (χ3n) is 2.98. The molecule has 1 aliphatic rings. The molecule has 0 amide bonds. The van der Waals surface area contributed by atoms with E-state index >= 15 is 0 Å². The lowest BCUT2D eigenvalue weighted by atomic mass is 9.90. The van der Waals surface area contributed by atoms with E-state index in [-0.39, 0.29) is 11.0 Å². The van der Waals surface area contributed by atoms with Crippen LogP contribution < -0.4 is 0 Å². The van der Waals surface area contributed by atoms with Crippen molar-refractivity contribution in [3.8, 4) is 0 Å². The molecule has 0 bridgehead atoms. The lowest BCUT2D eigenvalue weighted by Crippen LogP contribution is -2.27. The summed E-state index contributed by atoms with van der Waals surface area (Å²) in [5.74, 6) is 0.791. The third kappa shape index (κ3) is 7.57. The Bertz CT molecular complexity index is 287. The van der Waals surface area contributed by atoms with Crippen LogP contribution in [-0.4, -0.2) is 34.6 Å². The average molecular weight is 287 g/mol. The number of benzene rings is 1. The van der Waals surface area contributed by atoms with E-state index in [4.69, 9.17) is 0 Å². The molecule has 1 heterocycles. The Labute approximate surface area is 122 Å². The molecule has 0 aromatic heterocycles. The fourth-order valence-electron chi connectivity index (χ4n) is 2.10. The Balaban J connectivity index is 0. The molecule has 1 aliphatic heterocycles. The van der Waals surface area contributed by atoms with Crippen LogP contribution >= 0.6 is 11.9 Å². The van der Waals surface area contributed by atoms with Gasteiger partial charge in [0.05, 0.1) is 0 Å². The van der Waals surface area contributed by atoms with Crippen molar-refractivity contribution in [2.75, 3.05) is 19.3 Å². The van der Waals surface area contributed by atoms with Crippen LogP contribution in [0.4, 0.5) is 0 Å². The summed E-state index contributed by atoms with van der Waals surface area (Å²) >= 11 is 1.88. The van der Waals surface area contributed by atoms with Crippen molar-refractivity contribution in [1.29, 1.82) is 0 Å². The highest BCUT2D eigenvalue weighted by molar-refractivity contribution is 7.96. The average Bonchev–Trinajstić information content (AvgIpc) is 2.41. The van der Waals surface area contributed by atoms with Crippen LogP contribution in [0.5, 0.6) is 0 Å². The van der Waals surface area contributed by atoms with Crippen molar-refractivity contribution in [3.05, 3.63) is 35.9 Å². The first kappa shape index (κ1) is 20.8. The SMILES string of the molecule is CCC.CSN1CCC(c2ccccc2)CC1.O.O. The Morgan fingerprint density at radius 1 is 1.05 bits per heavy atom. The van der Waals surface area contributed by atoms with E-state index in [1.54, 1.807) is 0 Å². The number of rotatable bonds is 2. The molecule has 1 saturated heterocycles. The fraction of sp³-hybridized carbons (Fsp3) is 0.600. The molecule has 0 radical (unpaired) electrons. The molecule has 4 N–H and O–H groups in total. The highest BCUT2D eigenvalue weighted by Gasteiger charge is 2.19. The minimum atomic E-state index is 0. The molecule has 0 aliphatic carbocycles. The molecule has 2 rings (SSSR count). The molecular weight excluding hydrogens is 258 g/mol. The van der Waals surface area contributed by atoms with Gasteiger partial charge in [0.25, 0.3) is 0 Å². The largest absolute Gasteiger partial charge is 0.412 e. The minimum absolute atomic E-state index is 0. The van der Waals surface area contributed by atoms with Gasteiger partial charge in [-0.2, -0.15) is 0 Å². The van der Waals surface area contributed by atoms with E-state index in [9.17, 15) is 0 Å². The van der Waals surface area contributed by atoms with Crippen LogP contribution in [-0.2, 0) is 0 Å². The second-order valence-corrected chi connectivity index (χ2v) is 5.39. The number of nitrogens with zero attached hydrogens (tertiary/aromatic N) is 1. The summed E-state index contributed by atoms with van der Waals surface area (Å²) in [6.45, 7) is 6.72. The third-order valence-corrected chi connectivity index (χ3v) is 3.86. The van der Waals surface area contributed by atoms with Crippen LogP contribution in [0.1, 0.15) is 44.6 Å². The topological polar surface area (TPSA) is 66.2 Å². The standard InChI is InChI=1S/C12H17NS.C3H8.2H2O/c1-14-13-9-7-12(8-10-13)11-5-3-2-4-6-11;1-3-2;;/h2-6,12H,7-10H2,1H3;3H2,1-2H3;2*1H2. The second-order valence-electron chi connectivity index (χ2n) is 4.50. The zero-order valence-corrected chi connectivity index (χ0v) is 13.2. The summed E-state index contributed by atoms with van der Waals surface area (Å²) in [4.78, 5) is 0. The van der Waals surface area contributed by atoms with Gasteiger partial charge in [-0.15, -0.1) is 0 Å². The van der Waals surface area contributed by atoms with Crippen molar-refractivity contribution in [2.45, 2.75) is 39.0 Å². The van der Waals surface area contributed by atoms with E-state index in [1.165, 1.54) is 37.9 Å². The first-order valence-corrected chi connectivity index (χ1v) is 7.83. The maximum atomic E-state index is 2.46. The predicted octanol–water partition coefficient (Wildman–Crippen LogP) is 2.91. The Kier molecular flexibility index (Phi) is 13.6. The van der Waals surface area contributed by atoms with E-state index < -0.39 is 0 Å². The molecule has 0 atom stereocenters. The smallest absolute Gasteiger partial charge is 0.00950 e. The van der Waals surface area contributed by atoms with Crippen molar-refractivity contribution in [1.82, 2.24) is 4.31 Å². The maximum absolute atomic E-state index is 2.46. The van der Waals surface area contributed by atoms with Crippen molar-refractivity contribution >= 4 is 11.9 Å². The van der Waals surface area contributed by atoms with Gasteiger partial charge < -0.3 is 11.0 Å². The summed E-state index contributed by atoms with van der Waals surface area (Å²) in [6.07, 6.45) is 6.04. The summed E-state index contributed by atoms with van der Waals surface area (Å²) in [5, 5.41) is 0. The molecule has 0 unspecified atom stereocenters. The van der Waals surface area contributed by atoms with Gasteiger partial charge in [0.1, 0.15) is 0 Å². The number of piperidine rings is 1. The van der Waals surface area contributed by atoms with Gasteiger partial charge in [-0.1, -0.05) is 62.5 Å². The van der Waals surface area contributed by atoms with E-state index in [0.717, 1.165) is 5.92 Å². The van der Waals surface area contributed by atoms with E-state index in [1.807, 2.05) is 11.9 Å². The predicted molar refractivity (Wildman–Crippen MR) is 86.7 cm³/mol. The fourth-order valence-corrected chi connectivity index (χ4v) is 2.67. The van der Waals surface area contributed by atoms with Gasteiger partial charge >= 0.3 is 0 Å². The summed E-state index contributed by atoms with van der Waals surface area (Å²) in [5.41, 5.74) is 1.52. The molecular formula is C15H29NO2S. The van der Waals surface area contributed by atoms with Gasteiger partial charge in [-0.05, 0) is 30.6 Å². The molecule has 1 aromatic carbocycles. The van der Waals surface area contributed by atoms with Crippen molar-refractivity contribution in [2.24, 2.45) is 0 Å². The lowest BCUT2D eigenvalue weighted by Gasteiger charge is -2.30. The van der Waals surface area contributed by atoms with Gasteiger partial charge in [0.2, 0.25) is 0 Å². The van der Waals surface area contributed by atoms with E-state index in [2.05, 4.69) is 54.7 Å². The van der Waals surface area contributed by atoms with Gasteiger partial charge in [0, 0.05) is 13.1 Å². The lowest BCUT2D eigenvalue weighted by molar-refractivity contribution is 0.347. The van der Waals surface area contributed by atoms with Crippen LogP contribution in [0.15, 0.2) is 30.3 Å². The highest BCUT2D eigenvalue weighted by atomic mass is 32.2. The van der Waals surface area contributed by atoms with Gasteiger partial charge in [0.15, 0.2) is 0 Å². The summed E-state index contributed by atoms with van der Waals surface area (Å²) in [7, 11) is 0. The van der Waals surface area contributed by atoms with Crippen molar-refractivity contribution in [3.63, 3.8) is 0 Å². The van der Waals surface area contributed by atoms with Gasteiger partial charge in [-0.25, -0.2) is 0 Å². The maximum Gasteiger partial charge on any atom is 0.00950 e. The summed E-state index contributed by atoms with van der Waals surface area (Å²) < 4.78 is 2.46. The number of hydrogen-bond acceptors (Lipinski definition) is 2. The van der Waals surface area contributed by atoms with Gasteiger partial charge in [-0.3, -0.25) is 4.31 Å².